The number of hydrogen-bond donors (Lipinski definition) is 1. The molecular formula is C17H18N2O. The van der Waals surface area contributed by atoms with E-state index < -0.39 is 0 Å². The average Bonchev–Trinajstić information content (AvgIpc) is 2.65. The molecule has 1 heterocycles. The van der Waals surface area contributed by atoms with Crippen LogP contribution in [0.1, 0.15) is 18.9 Å². The largest absolute Gasteiger partial charge is 0.497 e. The number of methoxy groups -OCH3 is 1. The first-order valence-electron chi connectivity index (χ1n) is 6.84. The predicted molar refractivity (Wildman–Crippen MR) is 83.3 cm³/mol. The fourth-order valence-corrected chi connectivity index (χ4v) is 2.46. The van der Waals surface area contributed by atoms with E-state index in [1.165, 1.54) is 0 Å². The van der Waals surface area contributed by atoms with Gasteiger partial charge in [-0.25, -0.2) is 0 Å². The van der Waals surface area contributed by atoms with Crippen LogP contribution in [-0.2, 0) is 0 Å². The summed E-state index contributed by atoms with van der Waals surface area (Å²) in [5, 5.41) is 3.51. The molecule has 1 atom stereocenters. The van der Waals surface area contributed by atoms with Crippen molar-refractivity contribution in [2.45, 2.75) is 19.4 Å². The lowest BCUT2D eigenvalue weighted by atomic mass is 10.0. The number of fused-ring (bicyclic) bond motifs is 1. The maximum absolute atomic E-state index is 5.21. The quantitative estimate of drug-likeness (QED) is 0.890. The molecule has 0 aromatic heterocycles. The first kappa shape index (κ1) is 12.7. The Morgan fingerprint density at radius 1 is 1.10 bits per heavy atom. The summed E-state index contributed by atoms with van der Waals surface area (Å²) in [6, 6.07) is 16.6. The van der Waals surface area contributed by atoms with Crippen molar-refractivity contribution in [1.29, 1.82) is 0 Å². The zero-order valence-corrected chi connectivity index (χ0v) is 11.8. The minimum absolute atomic E-state index is 0.361. The van der Waals surface area contributed by atoms with Crippen molar-refractivity contribution in [3.05, 3.63) is 54.1 Å². The van der Waals surface area contributed by atoms with Crippen molar-refractivity contribution >= 4 is 17.1 Å². The Morgan fingerprint density at radius 3 is 2.60 bits per heavy atom. The van der Waals surface area contributed by atoms with Crippen molar-refractivity contribution < 1.29 is 4.74 Å². The van der Waals surface area contributed by atoms with Gasteiger partial charge in [-0.3, -0.25) is 4.99 Å². The van der Waals surface area contributed by atoms with Gasteiger partial charge < -0.3 is 10.1 Å². The summed E-state index contributed by atoms with van der Waals surface area (Å²) in [5.74, 6) is 0.870. The minimum Gasteiger partial charge on any atom is -0.497 e. The molecule has 0 bridgehead atoms. The zero-order valence-electron chi connectivity index (χ0n) is 11.8. The highest BCUT2D eigenvalue weighted by Crippen LogP contribution is 2.30. The van der Waals surface area contributed by atoms with Crippen molar-refractivity contribution in [2.75, 3.05) is 12.4 Å². The van der Waals surface area contributed by atoms with Crippen LogP contribution < -0.4 is 10.1 Å². The van der Waals surface area contributed by atoms with E-state index in [0.29, 0.717) is 6.04 Å². The minimum atomic E-state index is 0.361. The Hall–Kier alpha value is -2.29. The number of nitrogens with one attached hydrogen (secondary N) is 1. The molecule has 2 aromatic carbocycles. The van der Waals surface area contributed by atoms with Gasteiger partial charge in [-0.2, -0.15) is 0 Å². The van der Waals surface area contributed by atoms with Gasteiger partial charge in [0.1, 0.15) is 5.75 Å². The van der Waals surface area contributed by atoms with Gasteiger partial charge >= 0.3 is 0 Å². The average molecular weight is 266 g/mol. The molecule has 0 saturated carbocycles. The van der Waals surface area contributed by atoms with E-state index >= 15 is 0 Å². The molecule has 1 unspecified atom stereocenters. The molecule has 3 rings (SSSR count). The van der Waals surface area contributed by atoms with E-state index in [0.717, 1.165) is 34.8 Å². The van der Waals surface area contributed by atoms with E-state index in [1.54, 1.807) is 7.11 Å². The number of anilines is 1. The number of rotatable bonds is 2. The first-order chi connectivity index (χ1) is 9.76. The fourth-order valence-electron chi connectivity index (χ4n) is 2.46. The molecule has 0 radical (unpaired) electrons. The fraction of sp³-hybridized carbons (Fsp3) is 0.235. The Bertz CT molecular complexity index is 632. The lowest BCUT2D eigenvalue weighted by molar-refractivity contribution is 0.415. The Kier molecular flexibility index (Phi) is 3.42. The van der Waals surface area contributed by atoms with Crippen molar-refractivity contribution in [1.82, 2.24) is 0 Å². The third-order valence-corrected chi connectivity index (χ3v) is 3.48. The normalized spacial score (nSPS) is 17.5. The van der Waals surface area contributed by atoms with Crippen LogP contribution >= 0.6 is 0 Å². The summed E-state index contributed by atoms with van der Waals surface area (Å²) in [5.41, 5.74) is 4.36. The molecule has 1 aliphatic heterocycles. The number of hydrogen-bond acceptors (Lipinski definition) is 3. The van der Waals surface area contributed by atoms with Crippen LogP contribution in [0, 0.1) is 0 Å². The number of nitrogens with zero attached hydrogens (tertiary/aromatic N) is 1. The van der Waals surface area contributed by atoms with Crippen LogP contribution in [-0.4, -0.2) is 18.9 Å². The van der Waals surface area contributed by atoms with E-state index in [4.69, 9.17) is 9.73 Å². The van der Waals surface area contributed by atoms with Crippen LogP contribution in [0.2, 0.25) is 0 Å². The standard InChI is InChI=1S/C17H18N2O/c1-12-11-17(13-7-9-14(20-2)10-8-13)19-16-6-4-3-5-15(16)18-12/h3-10,12,18H,11H2,1-2H3. The molecule has 0 saturated heterocycles. The van der Waals surface area contributed by atoms with E-state index in [1.807, 2.05) is 30.3 Å². The summed E-state index contributed by atoms with van der Waals surface area (Å²) in [6.07, 6.45) is 0.904. The molecule has 1 N–H and O–H groups in total. The van der Waals surface area contributed by atoms with E-state index in [2.05, 4.69) is 30.4 Å². The van der Waals surface area contributed by atoms with Crippen molar-refractivity contribution in [3.8, 4) is 5.75 Å². The molecule has 0 spiro atoms. The second-order valence-electron chi connectivity index (χ2n) is 5.05. The van der Waals surface area contributed by atoms with Gasteiger partial charge in [0.15, 0.2) is 0 Å². The van der Waals surface area contributed by atoms with E-state index in [9.17, 15) is 0 Å². The summed E-state index contributed by atoms with van der Waals surface area (Å²) in [6.45, 7) is 2.18. The van der Waals surface area contributed by atoms with Gasteiger partial charge in [0.2, 0.25) is 0 Å². The van der Waals surface area contributed by atoms with Crippen LogP contribution in [0.4, 0.5) is 11.4 Å². The van der Waals surface area contributed by atoms with Crippen LogP contribution in [0.15, 0.2) is 53.5 Å². The molecule has 0 aliphatic carbocycles. The maximum atomic E-state index is 5.21. The Labute approximate surface area is 119 Å². The van der Waals surface area contributed by atoms with Crippen LogP contribution in [0.5, 0.6) is 5.75 Å². The lowest BCUT2D eigenvalue weighted by Gasteiger charge is -2.13. The van der Waals surface area contributed by atoms with Crippen molar-refractivity contribution in [2.24, 2.45) is 4.99 Å². The number of aliphatic imine (C=N–C) groups is 1. The smallest absolute Gasteiger partial charge is 0.118 e. The van der Waals surface area contributed by atoms with Gasteiger partial charge in [0.05, 0.1) is 24.2 Å². The highest BCUT2D eigenvalue weighted by Gasteiger charge is 2.15. The topological polar surface area (TPSA) is 33.6 Å². The monoisotopic (exact) mass is 266 g/mol. The molecule has 0 fully saturated rings. The third-order valence-electron chi connectivity index (χ3n) is 3.48. The third kappa shape index (κ3) is 2.52. The highest BCUT2D eigenvalue weighted by molar-refractivity contribution is 6.04. The molecule has 2 aromatic rings. The van der Waals surface area contributed by atoms with Gasteiger partial charge in [0.25, 0.3) is 0 Å². The van der Waals surface area contributed by atoms with Crippen LogP contribution in [0.3, 0.4) is 0 Å². The van der Waals surface area contributed by atoms with E-state index in [-0.39, 0.29) is 0 Å². The Morgan fingerprint density at radius 2 is 1.85 bits per heavy atom. The molecule has 3 heteroatoms. The zero-order chi connectivity index (χ0) is 13.9. The SMILES string of the molecule is COc1ccc(C2=Nc3ccccc3NC(C)C2)cc1. The summed E-state index contributed by atoms with van der Waals surface area (Å²) < 4.78 is 5.21. The van der Waals surface area contributed by atoms with Crippen molar-refractivity contribution in [3.63, 3.8) is 0 Å². The molecule has 0 amide bonds. The maximum Gasteiger partial charge on any atom is 0.118 e. The first-order valence-corrected chi connectivity index (χ1v) is 6.84. The number of para-hydroxylation sites is 2. The summed E-state index contributed by atoms with van der Waals surface area (Å²) in [4.78, 5) is 4.83. The van der Waals surface area contributed by atoms with Gasteiger partial charge in [-0.05, 0) is 48.9 Å². The summed E-state index contributed by atoms with van der Waals surface area (Å²) in [7, 11) is 1.68. The molecule has 1 aliphatic rings. The van der Waals surface area contributed by atoms with Gasteiger partial charge in [-0.15, -0.1) is 0 Å². The Balaban J connectivity index is 2.01. The molecule has 20 heavy (non-hydrogen) atoms. The van der Waals surface area contributed by atoms with Gasteiger partial charge in [0, 0.05) is 12.5 Å². The van der Waals surface area contributed by atoms with Crippen LogP contribution in [0.25, 0.3) is 0 Å². The lowest BCUT2D eigenvalue weighted by Crippen LogP contribution is -2.18. The highest BCUT2D eigenvalue weighted by atomic mass is 16.5. The van der Waals surface area contributed by atoms with Gasteiger partial charge in [-0.1, -0.05) is 12.1 Å². The molecule has 3 nitrogen and oxygen atoms in total. The molecule has 102 valence electrons. The second kappa shape index (κ2) is 5.37. The number of ether oxygens (including phenoxy) is 1. The predicted octanol–water partition coefficient (Wildman–Crippen LogP) is 4.02. The molecular weight excluding hydrogens is 248 g/mol. The summed E-state index contributed by atoms with van der Waals surface area (Å²) >= 11 is 0. The second-order valence-corrected chi connectivity index (χ2v) is 5.05. The number of benzene rings is 2.